The lowest BCUT2D eigenvalue weighted by atomic mass is 9.83. The number of halogens is 1. The summed E-state index contributed by atoms with van der Waals surface area (Å²) in [7, 11) is -3.44. The van der Waals surface area contributed by atoms with E-state index in [1.165, 1.54) is 0 Å². The molecule has 5 heteroatoms. The number of benzene rings is 2. The van der Waals surface area contributed by atoms with Gasteiger partial charge in [0.1, 0.15) is 0 Å². The van der Waals surface area contributed by atoms with Crippen LogP contribution in [0.25, 0.3) is 10.8 Å². The molecular formula is C21H22ClNO2S. The van der Waals surface area contributed by atoms with Gasteiger partial charge in [0.2, 0.25) is 10.0 Å². The van der Waals surface area contributed by atoms with Crippen LogP contribution < -0.4 is 0 Å². The maximum atomic E-state index is 13.0. The fourth-order valence-electron chi connectivity index (χ4n) is 3.94. The van der Waals surface area contributed by atoms with Gasteiger partial charge >= 0.3 is 0 Å². The number of rotatable bonds is 3. The smallest absolute Gasteiger partial charge is 0.207 e. The predicted molar refractivity (Wildman–Crippen MR) is 107 cm³/mol. The van der Waals surface area contributed by atoms with Gasteiger partial charge in [-0.1, -0.05) is 60.2 Å². The summed E-state index contributed by atoms with van der Waals surface area (Å²) in [5.41, 5.74) is 0. The van der Waals surface area contributed by atoms with Crippen LogP contribution in [-0.2, 0) is 10.0 Å². The molecule has 0 amide bonds. The zero-order chi connectivity index (χ0) is 18.1. The van der Waals surface area contributed by atoms with Gasteiger partial charge in [0.15, 0.2) is 0 Å². The SMILES string of the molecule is O=S(=O)(c1ccc2ccccc2c1)N1CCC(C2C=CCC(Cl)=C2)CC1. The Hall–Kier alpha value is -1.62. The number of nitrogens with zero attached hydrogens (tertiary/aromatic N) is 1. The molecule has 0 saturated carbocycles. The number of hydrogen-bond acceptors (Lipinski definition) is 2. The minimum atomic E-state index is -3.44. The minimum absolute atomic E-state index is 0.335. The number of hydrogen-bond donors (Lipinski definition) is 0. The van der Waals surface area contributed by atoms with Crippen molar-refractivity contribution in [3.63, 3.8) is 0 Å². The molecule has 1 saturated heterocycles. The third-order valence-corrected chi connectivity index (χ3v) is 7.62. The average molecular weight is 388 g/mol. The molecule has 0 radical (unpaired) electrons. The molecular weight excluding hydrogens is 366 g/mol. The highest BCUT2D eigenvalue weighted by Crippen LogP contribution is 2.33. The maximum Gasteiger partial charge on any atom is 0.243 e. The zero-order valence-electron chi connectivity index (χ0n) is 14.5. The van der Waals surface area contributed by atoms with E-state index in [-0.39, 0.29) is 0 Å². The predicted octanol–water partition coefficient (Wildman–Crippen LogP) is 4.94. The highest BCUT2D eigenvalue weighted by atomic mass is 35.5. The van der Waals surface area contributed by atoms with Crippen LogP contribution in [-0.4, -0.2) is 25.8 Å². The van der Waals surface area contributed by atoms with Crippen LogP contribution in [0.4, 0.5) is 0 Å². The summed E-state index contributed by atoms with van der Waals surface area (Å²) in [5.74, 6) is 0.796. The molecule has 0 spiro atoms. The number of piperidine rings is 1. The zero-order valence-corrected chi connectivity index (χ0v) is 16.1. The van der Waals surface area contributed by atoms with Crippen LogP contribution in [0.1, 0.15) is 19.3 Å². The van der Waals surface area contributed by atoms with Crippen LogP contribution >= 0.6 is 11.6 Å². The highest BCUT2D eigenvalue weighted by Gasteiger charge is 2.31. The Bertz CT molecular complexity index is 972. The Kier molecular flexibility index (Phi) is 4.91. The first-order valence-electron chi connectivity index (χ1n) is 9.06. The van der Waals surface area contributed by atoms with Crippen molar-refractivity contribution in [3.8, 4) is 0 Å². The van der Waals surface area contributed by atoms with Gasteiger partial charge in [0, 0.05) is 24.5 Å². The van der Waals surface area contributed by atoms with Gasteiger partial charge in [0.05, 0.1) is 4.90 Å². The second kappa shape index (κ2) is 7.18. The summed E-state index contributed by atoms with van der Waals surface area (Å²) >= 11 is 6.16. The van der Waals surface area contributed by atoms with Gasteiger partial charge in [0.25, 0.3) is 0 Å². The van der Waals surface area contributed by atoms with Gasteiger partial charge in [-0.3, -0.25) is 0 Å². The van der Waals surface area contributed by atoms with E-state index in [4.69, 9.17) is 11.6 Å². The molecule has 0 bridgehead atoms. The summed E-state index contributed by atoms with van der Waals surface area (Å²) in [6.45, 7) is 1.13. The lowest BCUT2D eigenvalue weighted by Gasteiger charge is -2.34. The third kappa shape index (κ3) is 3.46. The van der Waals surface area contributed by atoms with Gasteiger partial charge < -0.3 is 0 Å². The van der Waals surface area contributed by atoms with E-state index >= 15 is 0 Å². The van der Waals surface area contributed by atoms with Crippen LogP contribution in [0.2, 0.25) is 0 Å². The second-order valence-electron chi connectivity index (χ2n) is 7.07. The topological polar surface area (TPSA) is 37.4 Å². The lowest BCUT2D eigenvalue weighted by molar-refractivity contribution is 0.249. The molecule has 0 N–H and O–H groups in total. The molecule has 2 aromatic carbocycles. The molecule has 26 heavy (non-hydrogen) atoms. The fraction of sp³-hybridized carbons (Fsp3) is 0.333. The summed E-state index contributed by atoms with van der Waals surface area (Å²) in [6, 6.07) is 13.2. The fourth-order valence-corrected chi connectivity index (χ4v) is 5.68. The molecule has 1 atom stereocenters. The number of sulfonamides is 1. The first-order valence-corrected chi connectivity index (χ1v) is 10.9. The molecule has 3 nitrogen and oxygen atoms in total. The maximum absolute atomic E-state index is 13.0. The Morgan fingerprint density at radius 2 is 1.73 bits per heavy atom. The molecule has 1 fully saturated rings. The van der Waals surface area contributed by atoms with E-state index in [2.05, 4.69) is 18.2 Å². The van der Waals surface area contributed by atoms with Crippen molar-refractivity contribution in [1.29, 1.82) is 0 Å². The van der Waals surface area contributed by atoms with E-state index in [0.29, 0.717) is 29.8 Å². The van der Waals surface area contributed by atoms with Crippen molar-refractivity contribution in [3.05, 3.63) is 65.7 Å². The average Bonchev–Trinajstić information content (AvgIpc) is 2.67. The monoisotopic (exact) mass is 387 g/mol. The molecule has 1 heterocycles. The second-order valence-corrected chi connectivity index (χ2v) is 9.50. The van der Waals surface area contributed by atoms with Crippen molar-refractivity contribution in [2.45, 2.75) is 24.2 Å². The van der Waals surface area contributed by atoms with Gasteiger partial charge in [-0.2, -0.15) is 4.31 Å². The quantitative estimate of drug-likeness (QED) is 0.699. The molecule has 136 valence electrons. The van der Waals surface area contributed by atoms with Crippen molar-refractivity contribution >= 4 is 32.4 Å². The summed E-state index contributed by atoms with van der Waals surface area (Å²) in [6.07, 6.45) is 8.99. The summed E-state index contributed by atoms with van der Waals surface area (Å²) in [5, 5.41) is 2.90. The Labute approximate surface area is 160 Å². The highest BCUT2D eigenvalue weighted by molar-refractivity contribution is 7.89. The number of fused-ring (bicyclic) bond motifs is 1. The molecule has 1 aliphatic heterocycles. The molecule has 0 aromatic heterocycles. The summed E-state index contributed by atoms with van der Waals surface area (Å²) < 4.78 is 27.7. The standard InChI is InChI=1S/C21H22ClNO2S/c22-20-7-3-6-18(14-20)17-10-12-23(13-11-17)26(24,25)21-9-8-16-4-1-2-5-19(16)15-21/h1-6,8-9,14-15,17-18H,7,10-13H2. The Morgan fingerprint density at radius 3 is 2.46 bits per heavy atom. The summed E-state index contributed by atoms with van der Waals surface area (Å²) in [4.78, 5) is 0.384. The van der Waals surface area contributed by atoms with Gasteiger partial charge in [-0.25, -0.2) is 8.42 Å². The van der Waals surface area contributed by atoms with Crippen molar-refractivity contribution in [2.75, 3.05) is 13.1 Å². The Morgan fingerprint density at radius 1 is 1.00 bits per heavy atom. The van der Waals surface area contributed by atoms with Crippen molar-refractivity contribution in [2.24, 2.45) is 11.8 Å². The van der Waals surface area contributed by atoms with Gasteiger partial charge in [-0.15, -0.1) is 0 Å². The molecule has 1 unspecified atom stereocenters. The first-order chi connectivity index (χ1) is 12.5. The lowest BCUT2D eigenvalue weighted by Crippen LogP contribution is -2.39. The van der Waals surface area contributed by atoms with Crippen molar-refractivity contribution in [1.82, 2.24) is 4.31 Å². The van der Waals surface area contributed by atoms with E-state index < -0.39 is 10.0 Å². The Balaban J connectivity index is 1.50. The number of allylic oxidation sites excluding steroid dienone is 4. The van der Waals surface area contributed by atoms with Crippen LogP contribution in [0.3, 0.4) is 0 Å². The van der Waals surface area contributed by atoms with Crippen LogP contribution in [0.15, 0.2) is 70.6 Å². The van der Waals surface area contributed by atoms with E-state index in [0.717, 1.165) is 35.1 Å². The van der Waals surface area contributed by atoms with E-state index in [9.17, 15) is 8.42 Å². The first kappa shape index (κ1) is 17.8. The van der Waals surface area contributed by atoms with Crippen LogP contribution in [0.5, 0.6) is 0 Å². The minimum Gasteiger partial charge on any atom is -0.207 e. The van der Waals surface area contributed by atoms with Gasteiger partial charge in [-0.05, 0) is 47.6 Å². The van der Waals surface area contributed by atoms with Crippen LogP contribution in [0, 0.1) is 11.8 Å². The molecule has 4 rings (SSSR count). The van der Waals surface area contributed by atoms with Crippen molar-refractivity contribution < 1.29 is 8.42 Å². The molecule has 2 aromatic rings. The normalized spacial score (nSPS) is 22.5. The molecule has 1 aliphatic carbocycles. The molecule has 2 aliphatic rings. The van der Waals surface area contributed by atoms with E-state index in [1.807, 2.05) is 30.3 Å². The third-order valence-electron chi connectivity index (χ3n) is 5.45. The largest absolute Gasteiger partial charge is 0.243 e. The van der Waals surface area contributed by atoms with E-state index in [1.54, 1.807) is 16.4 Å².